The van der Waals surface area contributed by atoms with Crippen LogP contribution in [0.25, 0.3) is 0 Å². The molecular formula is C12H22O. The number of rotatable bonds is 4. The first-order valence-electron chi connectivity index (χ1n) is 5.69. The van der Waals surface area contributed by atoms with Gasteiger partial charge in [0, 0.05) is 5.92 Å². The van der Waals surface area contributed by atoms with Crippen LogP contribution in [0.15, 0.2) is 12.2 Å². The van der Waals surface area contributed by atoms with Crippen molar-refractivity contribution in [2.75, 3.05) is 0 Å². The second kappa shape index (κ2) is 6.20. The zero-order valence-electron chi connectivity index (χ0n) is 8.71. The minimum atomic E-state index is -0.0633. The van der Waals surface area contributed by atoms with Crippen LogP contribution in [-0.2, 0) is 0 Å². The maximum Gasteiger partial charge on any atom is 0.0602 e. The van der Waals surface area contributed by atoms with E-state index >= 15 is 0 Å². The first-order valence-corrected chi connectivity index (χ1v) is 5.69. The Balaban J connectivity index is 2.21. The van der Waals surface area contributed by atoms with Crippen molar-refractivity contribution < 1.29 is 5.11 Å². The van der Waals surface area contributed by atoms with Crippen molar-refractivity contribution >= 4 is 0 Å². The molecule has 1 N–H and O–H groups in total. The molecule has 0 aliphatic heterocycles. The number of unbranched alkanes of at least 4 members (excludes halogenated alkanes) is 2. The van der Waals surface area contributed by atoms with E-state index in [9.17, 15) is 5.11 Å². The highest BCUT2D eigenvalue weighted by molar-refractivity contribution is 4.93. The quantitative estimate of drug-likeness (QED) is 0.522. The van der Waals surface area contributed by atoms with Gasteiger partial charge in [0.05, 0.1) is 6.10 Å². The third kappa shape index (κ3) is 3.95. The molecule has 0 saturated heterocycles. The van der Waals surface area contributed by atoms with Crippen LogP contribution in [0.2, 0.25) is 0 Å². The summed E-state index contributed by atoms with van der Waals surface area (Å²) < 4.78 is 0. The van der Waals surface area contributed by atoms with Gasteiger partial charge in [-0.2, -0.15) is 0 Å². The molecule has 1 aliphatic carbocycles. The minimum Gasteiger partial charge on any atom is -0.393 e. The molecular weight excluding hydrogens is 160 g/mol. The highest BCUT2D eigenvalue weighted by Gasteiger charge is 2.19. The molecule has 1 aliphatic rings. The molecule has 2 atom stereocenters. The molecule has 13 heavy (non-hydrogen) atoms. The predicted molar refractivity (Wildman–Crippen MR) is 56.6 cm³/mol. The van der Waals surface area contributed by atoms with E-state index in [2.05, 4.69) is 19.1 Å². The first-order chi connectivity index (χ1) is 6.34. The summed E-state index contributed by atoms with van der Waals surface area (Å²) >= 11 is 0. The van der Waals surface area contributed by atoms with Crippen LogP contribution < -0.4 is 0 Å². The normalized spacial score (nSPS) is 29.7. The van der Waals surface area contributed by atoms with Gasteiger partial charge in [0.25, 0.3) is 0 Å². The summed E-state index contributed by atoms with van der Waals surface area (Å²) in [4.78, 5) is 0. The fourth-order valence-corrected chi connectivity index (χ4v) is 1.96. The van der Waals surface area contributed by atoms with Crippen LogP contribution in [-0.4, -0.2) is 11.2 Å². The summed E-state index contributed by atoms with van der Waals surface area (Å²) in [6.07, 6.45) is 12.8. The van der Waals surface area contributed by atoms with E-state index in [1.54, 1.807) is 0 Å². The lowest BCUT2D eigenvalue weighted by atomic mass is 9.86. The summed E-state index contributed by atoms with van der Waals surface area (Å²) in [5.74, 6) is 0.450. The standard InChI is InChI=1S/C12H22O/c1-2-3-4-5-8-11-9-6-7-10-12(11)13/h5,8,11-13H,2-4,6-7,9-10H2,1H3/b8-5-/t11-,12-/m0/s1. The zero-order valence-corrected chi connectivity index (χ0v) is 8.71. The largest absolute Gasteiger partial charge is 0.393 e. The Morgan fingerprint density at radius 3 is 2.77 bits per heavy atom. The molecule has 0 amide bonds. The van der Waals surface area contributed by atoms with Crippen molar-refractivity contribution in [3.63, 3.8) is 0 Å². The predicted octanol–water partition coefficient (Wildman–Crippen LogP) is 3.28. The van der Waals surface area contributed by atoms with Crippen molar-refractivity contribution in [3.05, 3.63) is 12.2 Å². The van der Waals surface area contributed by atoms with E-state index < -0.39 is 0 Å². The van der Waals surface area contributed by atoms with Crippen molar-refractivity contribution in [3.8, 4) is 0 Å². The van der Waals surface area contributed by atoms with Crippen molar-refractivity contribution in [1.82, 2.24) is 0 Å². The molecule has 76 valence electrons. The van der Waals surface area contributed by atoms with Crippen LogP contribution in [0, 0.1) is 5.92 Å². The third-order valence-corrected chi connectivity index (χ3v) is 2.89. The Hall–Kier alpha value is -0.300. The molecule has 0 spiro atoms. The minimum absolute atomic E-state index is 0.0633. The van der Waals surface area contributed by atoms with E-state index in [4.69, 9.17) is 0 Å². The Labute approximate surface area is 81.9 Å². The highest BCUT2D eigenvalue weighted by atomic mass is 16.3. The summed E-state index contributed by atoms with van der Waals surface area (Å²) in [6.45, 7) is 2.21. The number of aliphatic hydroxyl groups excluding tert-OH is 1. The monoisotopic (exact) mass is 182 g/mol. The summed E-state index contributed by atoms with van der Waals surface area (Å²) in [5, 5.41) is 9.67. The molecule has 1 nitrogen and oxygen atoms in total. The van der Waals surface area contributed by atoms with Gasteiger partial charge in [-0.15, -0.1) is 0 Å². The van der Waals surface area contributed by atoms with Gasteiger partial charge in [-0.05, 0) is 19.3 Å². The zero-order chi connectivity index (χ0) is 9.52. The smallest absolute Gasteiger partial charge is 0.0602 e. The van der Waals surface area contributed by atoms with Crippen molar-refractivity contribution in [2.24, 2.45) is 5.92 Å². The van der Waals surface area contributed by atoms with Gasteiger partial charge >= 0.3 is 0 Å². The van der Waals surface area contributed by atoms with E-state index in [0.717, 1.165) is 6.42 Å². The average Bonchev–Trinajstić information content (AvgIpc) is 2.15. The maximum atomic E-state index is 9.67. The first kappa shape index (κ1) is 10.8. The fraction of sp³-hybridized carbons (Fsp3) is 0.833. The molecule has 0 aromatic rings. The van der Waals surface area contributed by atoms with E-state index in [-0.39, 0.29) is 6.10 Å². The van der Waals surface area contributed by atoms with Gasteiger partial charge < -0.3 is 5.11 Å². The lowest BCUT2D eigenvalue weighted by Crippen LogP contribution is -2.22. The van der Waals surface area contributed by atoms with Gasteiger partial charge in [0.15, 0.2) is 0 Å². The molecule has 1 rings (SSSR count). The molecule has 1 fully saturated rings. The number of allylic oxidation sites excluding steroid dienone is 1. The fourth-order valence-electron chi connectivity index (χ4n) is 1.96. The molecule has 1 saturated carbocycles. The van der Waals surface area contributed by atoms with Gasteiger partial charge in [-0.3, -0.25) is 0 Å². The molecule has 1 heteroatoms. The van der Waals surface area contributed by atoms with E-state index in [1.165, 1.54) is 38.5 Å². The van der Waals surface area contributed by atoms with Crippen LogP contribution >= 0.6 is 0 Å². The molecule has 0 heterocycles. The number of hydrogen-bond donors (Lipinski definition) is 1. The number of hydrogen-bond acceptors (Lipinski definition) is 1. The van der Waals surface area contributed by atoms with Crippen LogP contribution in [0.1, 0.15) is 51.9 Å². The molecule has 0 radical (unpaired) electrons. The average molecular weight is 182 g/mol. The summed E-state index contributed by atoms with van der Waals surface area (Å²) in [7, 11) is 0. The second-order valence-electron chi connectivity index (χ2n) is 4.09. The van der Waals surface area contributed by atoms with Gasteiger partial charge in [0.2, 0.25) is 0 Å². The van der Waals surface area contributed by atoms with Gasteiger partial charge in [-0.1, -0.05) is 44.8 Å². The summed E-state index contributed by atoms with van der Waals surface area (Å²) in [5.41, 5.74) is 0. The van der Waals surface area contributed by atoms with Crippen molar-refractivity contribution in [2.45, 2.75) is 58.0 Å². The van der Waals surface area contributed by atoms with Crippen LogP contribution in [0.3, 0.4) is 0 Å². The molecule has 0 aromatic carbocycles. The van der Waals surface area contributed by atoms with Gasteiger partial charge in [-0.25, -0.2) is 0 Å². The van der Waals surface area contributed by atoms with E-state index in [0.29, 0.717) is 5.92 Å². The topological polar surface area (TPSA) is 20.2 Å². The van der Waals surface area contributed by atoms with Crippen molar-refractivity contribution in [1.29, 1.82) is 0 Å². The Morgan fingerprint density at radius 2 is 2.08 bits per heavy atom. The highest BCUT2D eigenvalue weighted by Crippen LogP contribution is 2.25. The molecule has 0 aromatic heterocycles. The lowest BCUT2D eigenvalue weighted by molar-refractivity contribution is 0.0926. The lowest BCUT2D eigenvalue weighted by Gasteiger charge is -2.24. The third-order valence-electron chi connectivity index (χ3n) is 2.89. The Kier molecular flexibility index (Phi) is 5.14. The SMILES string of the molecule is CCCC/C=C\[C@H]1CCCC[C@@H]1O. The Morgan fingerprint density at radius 1 is 1.31 bits per heavy atom. The molecule has 0 bridgehead atoms. The molecule has 0 unspecified atom stereocenters. The van der Waals surface area contributed by atoms with Gasteiger partial charge in [0.1, 0.15) is 0 Å². The Bertz CT molecular complexity index is 151. The van der Waals surface area contributed by atoms with Crippen LogP contribution in [0.5, 0.6) is 0 Å². The summed E-state index contributed by atoms with van der Waals surface area (Å²) in [6, 6.07) is 0. The number of aliphatic hydroxyl groups is 1. The maximum absolute atomic E-state index is 9.67. The second-order valence-corrected chi connectivity index (χ2v) is 4.09. The van der Waals surface area contributed by atoms with E-state index in [1.807, 2.05) is 0 Å². The van der Waals surface area contributed by atoms with Crippen LogP contribution in [0.4, 0.5) is 0 Å².